The lowest BCUT2D eigenvalue weighted by atomic mass is 10.4. The Morgan fingerprint density at radius 1 is 1.53 bits per heavy atom. The van der Waals surface area contributed by atoms with E-state index in [4.69, 9.17) is 16.3 Å². The summed E-state index contributed by atoms with van der Waals surface area (Å²) < 4.78 is 5.08. The van der Waals surface area contributed by atoms with E-state index in [0.29, 0.717) is 17.8 Å². The van der Waals surface area contributed by atoms with E-state index < -0.39 is 0 Å². The van der Waals surface area contributed by atoms with Crippen molar-refractivity contribution in [2.45, 2.75) is 18.9 Å². The summed E-state index contributed by atoms with van der Waals surface area (Å²) in [5, 5.41) is 0.440. The van der Waals surface area contributed by atoms with Gasteiger partial charge in [0.2, 0.25) is 0 Å². The van der Waals surface area contributed by atoms with Crippen LogP contribution in [0, 0.1) is 0 Å². The Morgan fingerprint density at radius 3 is 2.93 bits per heavy atom. The Bertz CT molecular complexity index is 330. The molecule has 82 valence electrons. The molecule has 2 rings (SSSR count). The lowest BCUT2D eigenvalue weighted by Gasteiger charge is -2.22. The van der Waals surface area contributed by atoms with Gasteiger partial charge in [0.1, 0.15) is 11.0 Å². The second-order valence-electron chi connectivity index (χ2n) is 3.62. The highest BCUT2D eigenvalue weighted by atomic mass is 35.5. The van der Waals surface area contributed by atoms with Crippen LogP contribution in [0.25, 0.3) is 0 Å². The normalized spacial score (nSPS) is 15.3. The van der Waals surface area contributed by atoms with Crippen LogP contribution in [-0.4, -0.2) is 36.3 Å². The zero-order chi connectivity index (χ0) is 10.7. The van der Waals surface area contributed by atoms with Gasteiger partial charge in [-0.1, -0.05) is 11.6 Å². The Hall–Kier alpha value is -0.870. The maximum atomic E-state index is 5.82. The molecule has 1 aliphatic rings. The number of halogens is 1. The third-order valence-electron chi connectivity index (χ3n) is 2.41. The fourth-order valence-corrected chi connectivity index (χ4v) is 1.67. The molecule has 15 heavy (non-hydrogen) atoms. The fourth-order valence-electron chi connectivity index (χ4n) is 1.53. The van der Waals surface area contributed by atoms with Crippen LogP contribution in [0.3, 0.4) is 0 Å². The molecule has 0 bridgehead atoms. The SMILES string of the molecule is COCCN(c1cncc(Cl)n1)C1CC1. The van der Waals surface area contributed by atoms with Gasteiger partial charge in [-0.05, 0) is 12.8 Å². The fraction of sp³-hybridized carbons (Fsp3) is 0.600. The summed E-state index contributed by atoms with van der Waals surface area (Å²) >= 11 is 5.82. The Kier molecular flexibility index (Phi) is 3.38. The molecule has 1 heterocycles. The zero-order valence-electron chi connectivity index (χ0n) is 8.69. The third kappa shape index (κ3) is 2.79. The Balaban J connectivity index is 2.09. The van der Waals surface area contributed by atoms with Crippen LogP contribution in [-0.2, 0) is 4.74 Å². The van der Waals surface area contributed by atoms with Crippen molar-refractivity contribution in [1.29, 1.82) is 0 Å². The maximum Gasteiger partial charge on any atom is 0.149 e. The second kappa shape index (κ2) is 4.77. The lowest BCUT2D eigenvalue weighted by molar-refractivity contribution is 0.204. The molecule has 1 aromatic heterocycles. The average molecular weight is 228 g/mol. The molecule has 0 aromatic carbocycles. The molecule has 1 aliphatic carbocycles. The molecule has 0 N–H and O–H groups in total. The van der Waals surface area contributed by atoms with Crippen molar-refractivity contribution in [2.75, 3.05) is 25.2 Å². The number of anilines is 1. The van der Waals surface area contributed by atoms with Crippen molar-refractivity contribution in [2.24, 2.45) is 0 Å². The van der Waals surface area contributed by atoms with Gasteiger partial charge in [0.05, 0.1) is 19.0 Å². The first-order chi connectivity index (χ1) is 7.31. The number of methoxy groups -OCH3 is 1. The Morgan fingerprint density at radius 2 is 2.33 bits per heavy atom. The summed E-state index contributed by atoms with van der Waals surface area (Å²) in [5.74, 6) is 0.849. The van der Waals surface area contributed by atoms with Gasteiger partial charge in [0.15, 0.2) is 0 Å². The average Bonchev–Trinajstić information content (AvgIpc) is 3.03. The van der Waals surface area contributed by atoms with E-state index in [1.807, 2.05) is 0 Å². The van der Waals surface area contributed by atoms with Gasteiger partial charge in [-0.2, -0.15) is 0 Å². The minimum atomic E-state index is 0.440. The summed E-state index contributed by atoms with van der Waals surface area (Å²) in [5.41, 5.74) is 0. The predicted molar refractivity (Wildman–Crippen MR) is 59.3 cm³/mol. The molecule has 0 radical (unpaired) electrons. The van der Waals surface area contributed by atoms with Crippen LogP contribution < -0.4 is 4.90 Å². The van der Waals surface area contributed by atoms with Gasteiger partial charge in [-0.15, -0.1) is 0 Å². The van der Waals surface area contributed by atoms with Gasteiger partial charge < -0.3 is 9.64 Å². The van der Waals surface area contributed by atoms with E-state index >= 15 is 0 Å². The van der Waals surface area contributed by atoms with E-state index in [0.717, 1.165) is 12.4 Å². The van der Waals surface area contributed by atoms with Gasteiger partial charge in [0, 0.05) is 19.7 Å². The quantitative estimate of drug-likeness (QED) is 0.768. The van der Waals surface area contributed by atoms with Crippen LogP contribution >= 0.6 is 11.6 Å². The summed E-state index contributed by atoms with van der Waals surface area (Å²) in [6, 6.07) is 0.591. The highest BCUT2D eigenvalue weighted by Crippen LogP contribution is 2.30. The molecule has 1 saturated carbocycles. The van der Waals surface area contributed by atoms with E-state index in [2.05, 4.69) is 14.9 Å². The highest BCUT2D eigenvalue weighted by molar-refractivity contribution is 6.29. The summed E-state index contributed by atoms with van der Waals surface area (Å²) in [4.78, 5) is 10.5. The van der Waals surface area contributed by atoms with E-state index in [-0.39, 0.29) is 0 Å². The van der Waals surface area contributed by atoms with Crippen LogP contribution in [0.15, 0.2) is 12.4 Å². The molecule has 0 saturated heterocycles. The van der Waals surface area contributed by atoms with Gasteiger partial charge in [-0.25, -0.2) is 4.98 Å². The number of hydrogen-bond donors (Lipinski definition) is 0. The summed E-state index contributed by atoms with van der Waals surface area (Å²) in [6.45, 7) is 1.54. The first-order valence-corrected chi connectivity index (χ1v) is 5.42. The number of ether oxygens (including phenoxy) is 1. The van der Waals surface area contributed by atoms with Gasteiger partial charge in [-0.3, -0.25) is 4.98 Å². The van der Waals surface area contributed by atoms with Gasteiger partial charge >= 0.3 is 0 Å². The second-order valence-corrected chi connectivity index (χ2v) is 4.00. The maximum absolute atomic E-state index is 5.82. The molecular weight excluding hydrogens is 214 g/mol. The zero-order valence-corrected chi connectivity index (χ0v) is 9.44. The first-order valence-electron chi connectivity index (χ1n) is 5.04. The molecule has 5 heteroatoms. The molecule has 0 atom stereocenters. The van der Waals surface area contributed by atoms with Crippen molar-refractivity contribution in [3.05, 3.63) is 17.5 Å². The minimum Gasteiger partial charge on any atom is -0.383 e. The molecular formula is C10H14ClN3O. The lowest BCUT2D eigenvalue weighted by Crippen LogP contribution is -2.30. The van der Waals surface area contributed by atoms with Crippen molar-refractivity contribution in [1.82, 2.24) is 9.97 Å². The van der Waals surface area contributed by atoms with Crippen molar-refractivity contribution in [3.63, 3.8) is 0 Å². The van der Waals surface area contributed by atoms with Crippen molar-refractivity contribution in [3.8, 4) is 0 Å². The highest BCUT2D eigenvalue weighted by Gasteiger charge is 2.29. The van der Waals surface area contributed by atoms with Crippen LogP contribution in [0.5, 0.6) is 0 Å². The number of hydrogen-bond acceptors (Lipinski definition) is 4. The van der Waals surface area contributed by atoms with Crippen LogP contribution in [0.1, 0.15) is 12.8 Å². The Labute approximate surface area is 94.2 Å². The molecule has 1 aromatic rings. The molecule has 0 aliphatic heterocycles. The van der Waals surface area contributed by atoms with E-state index in [1.165, 1.54) is 12.8 Å². The third-order valence-corrected chi connectivity index (χ3v) is 2.59. The predicted octanol–water partition coefficient (Wildman–Crippen LogP) is 1.75. The van der Waals surface area contributed by atoms with Crippen LogP contribution in [0.4, 0.5) is 5.82 Å². The molecule has 0 spiro atoms. The van der Waals surface area contributed by atoms with Crippen molar-refractivity contribution < 1.29 is 4.74 Å². The van der Waals surface area contributed by atoms with E-state index in [1.54, 1.807) is 19.5 Å². The summed E-state index contributed by atoms with van der Waals surface area (Å²) in [6.07, 6.45) is 5.74. The molecule has 0 amide bonds. The first kappa shape index (κ1) is 10.6. The monoisotopic (exact) mass is 227 g/mol. The molecule has 1 fully saturated rings. The number of rotatable bonds is 5. The largest absolute Gasteiger partial charge is 0.383 e. The molecule has 4 nitrogen and oxygen atoms in total. The van der Waals surface area contributed by atoms with Crippen molar-refractivity contribution >= 4 is 17.4 Å². The molecule has 0 unspecified atom stereocenters. The minimum absolute atomic E-state index is 0.440. The topological polar surface area (TPSA) is 38.2 Å². The summed E-state index contributed by atoms with van der Waals surface area (Å²) in [7, 11) is 1.70. The standard InChI is InChI=1S/C10H14ClN3O/c1-15-5-4-14(8-2-3-8)10-7-12-6-9(11)13-10/h6-8H,2-5H2,1H3. The number of aromatic nitrogens is 2. The smallest absolute Gasteiger partial charge is 0.149 e. The van der Waals surface area contributed by atoms with E-state index in [9.17, 15) is 0 Å². The van der Waals surface area contributed by atoms with Gasteiger partial charge in [0.25, 0.3) is 0 Å². The number of nitrogens with zero attached hydrogens (tertiary/aromatic N) is 3. The van der Waals surface area contributed by atoms with Crippen LogP contribution in [0.2, 0.25) is 5.15 Å².